The van der Waals surface area contributed by atoms with Gasteiger partial charge in [-0.1, -0.05) is 12.1 Å². The molecule has 0 aliphatic carbocycles. The molecule has 2 heterocycles. The van der Waals surface area contributed by atoms with Gasteiger partial charge in [0.2, 0.25) is 0 Å². The summed E-state index contributed by atoms with van der Waals surface area (Å²) < 4.78 is 5.58. The van der Waals surface area contributed by atoms with Gasteiger partial charge in [0.15, 0.2) is 0 Å². The van der Waals surface area contributed by atoms with Crippen LogP contribution >= 0.6 is 0 Å². The quantitative estimate of drug-likeness (QED) is 0.871. The highest BCUT2D eigenvalue weighted by molar-refractivity contribution is 5.39. The summed E-state index contributed by atoms with van der Waals surface area (Å²) in [5.41, 5.74) is 2.78. The SMILES string of the molecule is CN(CCCO)C1CCN(Cc2ccc3c(c2)CCO3)CC1. The number of hydrogen-bond donors (Lipinski definition) is 1. The van der Waals surface area contributed by atoms with E-state index in [1.165, 1.54) is 37.1 Å². The molecule has 0 bridgehead atoms. The van der Waals surface area contributed by atoms with Gasteiger partial charge in [0, 0.05) is 32.2 Å². The van der Waals surface area contributed by atoms with E-state index >= 15 is 0 Å². The lowest BCUT2D eigenvalue weighted by atomic mass is 10.0. The third-order valence-corrected chi connectivity index (χ3v) is 5.01. The van der Waals surface area contributed by atoms with E-state index in [1.54, 1.807) is 0 Å². The van der Waals surface area contributed by atoms with Crippen LogP contribution in [-0.2, 0) is 13.0 Å². The highest BCUT2D eigenvalue weighted by Crippen LogP contribution is 2.27. The third-order valence-electron chi connectivity index (χ3n) is 5.01. The van der Waals surface area contributed by atoms with Crippen molar-refractivity contribution in [2.45, 2.75) is 38.3 Å². The number of fused-ring (bicyclic) bond motifs is 1. The summed E-state index contributed by atoms with van der Waals surface area (Å²) in [6.07, 6.45) is 4.40. The fourth-order valence-corrected chi connectivity index (χ4v) is 3.62. The van der Waals surface area contributed by atoms with E-state index in [0.29, 0.717) is 12.6 Å². The van der Waals surface area contributed by atoms with Gasteiger partial charge in [-0.15, -0.1) is 0 Å². The van der Waals surface area contributed by atoms with Crippen molar-refractivity contribution in [3.63, 3.8) is 0 Å². The number of benzene rings is 1. The second kappa shape index (κ2) is 7.44. The Morgan fingerprint density at radius 1 is 1.32 bits per heavy atom. The molecule has 3 rings (SSSR count). The zero-order valence-corrected chi connectivity index (χ0v) is 13.6. The highest BCUT2D eigenvalue weighted by atomic mass is 16.5. The van der Waals surface area contributed by atoms with Crippen LogP contribution < -0.4 is 4.74 Å². The molecular formula is C18H28N2O2. The molecule has 0 saturated carbocycles. The van der Waals surface area contributed by atoms with Crippen LogP contribution in [0.1, 0.15) is 30.4 Å². The Labute approximate surface area is 133 Å². The lowest BCUT2D eigenvalue weighted by Gasteiger charge is -2.36. The molecule has 1 N–H and O–H groups in total. The molecule has 2 aliphatic rings. The number of piperidine rings is 1. The molecule has 1 aromatic carbocycles. The van der Waals surface area contributed by atoms with Crippen LogP contribution in [0.5, 0.6) is 5.75 Å². The van der Waals surface area contributed by atoms with E-state index < -0.39 is 0 Å². The molecule has 0 aromatic heterocycles. The molecule has 1 saturated heterocycles. The predicted octanol–water partition coefficient (Wildman–Crippen LogP) is 1.90. The number of likely N-dealkylation sites (tertiary alicyclic amines) is 1. The van der Waals surface area contributed by atoms with Gasteiger partial charge < -0.3 is 14.7 Å². The molecule has 1 aromatic rings. The Bertz CT molecular complexity index is 484. The van der Waals surface area contributed by atoms with Crippen molar-refractivity contribution in [1.82, 2.24) is 9.80 Å². The molecule has 0 radical (unpaired) electrons. The standard InChI is InChI=1S/C18H28N2O2/c1-19(8-2-11-21)17-5-9-20(10-6-17)14-15-3-4-18-16(13-15)7-12-22-18/h3-4,13,17,21H,2,5-12,14H2,1H3. The summed E-state index contributed by atoms with van der Waals surface area (Å²) in [5, 5.41) is 8.94. The van der Waals surface area contributed by atoms with Crippen molar-refractivity contribution < 1.29 is 9.84 Å². The minimum Gasteiger partial charge on any atom is -0.493 e. The first kappa shape index (κ1) is 15.8. The second-order valence-electron chi connectivity index (χ2n) is 6.61. The van der Waals surface area contributed by atoms with Crippen molar-refractivity contribution in [2.75, 3.05) is 39.9 Å². The van der Waals surface area contributed by atoms with Gasteiger partial charge >= 0.3 is 0 Å². The predicted molar refractivity (Wildman–Crippen MR) is 88.3 cm³/mol. The van der Waals surface area contributed by atoms with E-state index in [2.05, 4.69) is 35.0 Å². The molecule has 1 fully saturated rings. The molecule has 22 heavy (non-hydrogen) atoms. The summed E-state index contributed by atoms with van der Waals surface area (Å²) in [7, 11) is 2.19. The summed E-state index contributed by atoms with van der Waals surface area (Å²) in [4.78, 5) is 4.98. The number of nitrogens with zero attached hydrogens (tertiary/aromatic N) is 2. The maximum Gasteiger partial charge on any atom is 0.122 e. The van der Waals surface area contributed by atoms with Crippen LogP contribution in [0.15, 0.2) is 18.2 Å². The number of rotatable bonds is 6. The largest absolute Gasteiger partial charge is 0.493 e. The molecule has 122 valence electrons. The molecular weight excluding hydrogens is 276 g/mol. The van der Waals surface area contributed by atoms with Gasteiger partial charge in [0.25, 0.3) is 0 Å². The van der Waals surface area contributed by atoms with E-state index in [1.807, 2.05) is 0 Å². The number of ether oxygens (including phenoxy) is 1. The van der Waals surface area contributed by atoms with E-state index in [0.717, 1.165) is 38.3 Å². The van der Waals surface area contributed by atoms with Gasteiger partial charge in [0.05, 0.1) is 6.61 Å². The smallest absolute Gasteiger partial charge is 0.122 e. The monoisotopic (exact) mass is 304 g/mol. The van der Waals surface area contributed by atoms with E-state index in [-0.39, 0.29) is 0 Å². The molecule has 0 atom stereocenters. The Morgan fingerprint density at radius 2 is 2.14 bits per heavy atom. The van der Waals surface area contributed by atoms with Crippen molar-refractivity contribution >= 4 is 0 Å². The van der Waals surface area contributed by atoms with Crippen LogP contribution in [-0.4, -0.2) is 60.8 Å². The van der Waals surface area contributed by atoms with Crippen molar-refractivity contribution in [3.8, 4) is 5.75 Å². The van der Waals surface area contributed by atoms with Gasteiger partial charge in [-0.05, 0) is 56.6 Å². The molecule has 4 nitrogen and oxygen atoms in total. The van der Waals surface area contributed by atoms with Crippen molar-refractivity contribution in [1.29, 1.82) is 0 Å². The molecule has 4 heteroatoms. The van der Waals surface area contributed by atoms with E-state index in [4.69, 9.17) is 9.84 Å². The summed E-state index contributed by atoms with van der Waals surface area (Å²) in [6.45, 7) is 5.53. The minimum absolute atomic E-state index is 0.297. The number of aliphatic hydroxyl groups is 1. The molecule has 0 unspecified atom stereocenters. The maximum atomic E-state index is 8.94. The normalized spacial score (nSPS) is 19.4. The van der Waals surface area contributed by atoms with Crippen LogP contribution in [0.25, 0.3) is 0 Å². The Hall–Kier alpha value is -1.10. The maximum absolute atomic E-state index is 8.94. The zero-order valence-electron chi connectivity index (χ0n) is 13.6. The topological polar surface area (TPSA) is 35.9 Å². The van der Waals surface area contributed by atoms with Crippen LogP contribution in [0.3, 0.4) is 0 Å². The minimum atomic E-state index is 0.297. The Kier molecular flexibility index (Phi) is 5.34. The van der Waals surface area contributed by atoms with Crippen LogP contribution in [0, 0.1) is 0 Å². The first-order valence-corrected chi connectivity index (χ1v) is 8.54. The summed E-state index contributed by atoms with van der Waals surface area (Å²) in [6, 6.07) is 7.34. The van der Waals surface area contributed by atoms with Crippen LogP contribution in [0.2, 0.25) is 0 Å². The van der Waals surface area contributed by atoms with Gasteiger partial charge in [-0.3, -0.25) is 4.90 Å². The average Bonchev–Trinajstić information content (AvgIpc) is 3.01. The lowest BCUT2D eigenvalue weighted by Crippen LogP contribution is -2.43. The van der Waals surface area contributed by atoms with Gasteiger partial charge in [0.1, 0.15) is 5.75 Å². The molecule has 0 spiro atoms. The van der Waals surface area contributed by atoms with Crippen molar-refractivity contribution in [3.05, 3.63) is 29.3 Å². The van der Waals surface area contributed by atoms with Crippen LogP contribution in [0.4, 0.5) is 0 Å². The summed E-state index contributed by atoms with van der Waals surface area (Å²) >= 11 is 0. The summed E-state index contributed by atoms with van der Waals surface area (Å²) in [5.74, 6) is 1.08. The van der Waals surface area contributed by atoms with Gasteiger partial charge in [-0.25, -0.2) is 0 Å². The zero-order chi connectivity index (χ0) is 15.4. The first-order valence-electron chi connectivity index (χ1n) is 8.54. The van der Waals surface area contributed by atoms with E-state index in [9.17, 15) is 0 Å². The fourth-order valence-electron chi connectivity index (χ4n) is 3.62. The Morgan fingerprint density at radius 3 is 2.91 bits per heavy atom. The second-order valence-corrected chi connectivity index (χ2v) is 6.61. The first-order chi connectivity index (χ1) is 10.8. The number of aliphatic hydroxyl groups excluding tert-OH is 1. The average molecular weight is 304 g/mol. The van der Waals surface area contributed by atoms with Gasteiger partial charge in [-0.2, -0.15) is 0 Å². The fraction of sp³-hybridized carbons (Fsp3) is 0.667. The highest BCUT2D eigenvalue weighted by Gasteiger charge is 2.22. The molecule has 2 aliphatic heterocycles. The number of hydrogen-bond acceptors (Lipinski definition) is 4. The Balaban J connectivity index is 1.47. The third kappa shape index (κ3) is 3.80. The van der Waals surface area contributed by atoms with Crippen molar-refractivity contribution in [2.24, 2.45) is 0 Å². The molecule has 0 amide bonds. The lowest BCUT2D eigenvalue weighted by molar-refractivity contribution is 0.117.